The van der Waals surface area contributed by atoms with Gasteiger partial charge in [-0.2, -0.15) is 11.3 Å². The fraction of sp³-hybridized carbons (Fsp3) is 0.333. The zero-order valence-corrected chi connectivity index (χ0v) is 9.78. The summed E-state index contributed by atoms with van der Waals surface area (Å²) in [5.74, 6) is 0.876. The van der Waals surface area contributed by atoms with Gasteiger partial charge in [0.1, 0.15) is 0 Å². The Labute approximate surface area is 98.8 Å². The highest BCUT2D eigenvalue weighted by Crippen LogP contribution is 2.22. The van der Waals surface area contributed by atoms with E-state index in [-0.39, 0.29) is 0 Å². The van der Waals surface area contributed by atoms with Gasteiger partial charge in [0.25, 0.3) is 0 Å². The summed E-state index contributed by atoms with van der Waals surface area (Å²) in [6.45, 7) is 2.18. The van der Waals surface area contributed by atoms with Crippen molar-refractivity contribution in [2.45, 2.75) is 12.8 Å². The molecule has 82 valence electrons. The average molecular weight is 231 g/mol. The molecule has 4 heteroatoms. The van der Waals surface area contributed by atoms with Gasteiger partial charge in [-0.15, -0.1) is 0 Å². The summed E-state index contributed by atoms with van der Waals surface area (Å²) in [7, 11) is 0. The first-order chi connectivity index (χ1) is 7.93. The molecule has 0 aliphatic carbocycles. The summed E-state index contributed by atoms with van der Waals surface area (Å²) in [4.78, 5) is 11.2. The van der Waals surface area contributed by atoms with Crippen LogP contribution in [0.15, 0.2) is 29.1 Å². The van der Waals surface area contributed by atoms with Crippen LogP contribution in [0.5, 0.6) is 0 Å². The van der Waals surface area contributed by atoms with Crippen molar-refractivity contribution in [3.63, 3.8) is 0 Å². The van der Waals surface area contributed by atoms with Gasteiger partial charge in [-0.1, -0.05) is 0 Å². The van der Waals surface area contributed by atoms with Crippen molar-refractivity contribution in [1.29, 1.82) is 0 Å². The van der Waals surface area contributed by atoms with Crippen LogP contribution >= 0.6 is 11.3 Å². The summed E-state index contributed by atoms with van der Waals surface area (Å²) in [6, 6.07) is 4.07. The van der Waals surface area contributed by atoms with Crippen LogP contribution in [-0.4, -0.2) is 23.1 Å². The predicted molar refractivity (Wildman–Crippen MR) is 66.8 cm³/mol. The normalized spacial score (nSPS) is 15.6. The first-order valence-corrected chi connectivity index (χ1v) is 6.48. The second-order valence-corrected chi connectivity index (χ2v) is 4.73. The topological polar surface area (TPSA) is 29.0 Å². The number of hydrogen-bond donors (Lipinski definition) is 0. The van der Waals surface area contributed by atoms with Gasteiger partial charge in [-0.25, -0.2) is 9.97 Å². The van der Waals surface area contributed by atoms with Crippen molar-refractivity contribution in [2.75, 3.05) is 18.0 Å². The number of thiophene rings is 1. The Bertz CT molecular complexity index is 461. The Kier molecular flexibility index (Phi) is 2.58. The van der Waals surface area contributed by atoms with Gasteiger partial charge in [0.15, 0.2) is 0 Å². The molecule has 1 aliphatic heterocycles. The van der Waals surface area contributed by atoms with E-state index in [9.17, 15) is 0 Å². The molecule has 0 amide bonds. The van der Waals surface area contributed by atoms with Crippen LogP contribution in [-0.2, 0) is 0 Å². The maximum Gasteiger partial charge on any atom is 0.225 e. The zero-order chi connectivity index (χ0) is 10.8. The van der Waals surface area contributed by atoms with Crippen molar-refractivity contribution in [1.82, 2.24) is 9.97 Å². The first-order valence-electron chi connectivity index (χ1n) is 5.54. The van der Waals surface area contributed by atoms with Gasteiger partial charge >= 0.3 is 0 Å². The molecule has 1 aliphatic rings. The van der Waals surface area contributed by atoms with Crippen molar-refractivity contribution < 1.29 is 0 Å². The molecule has 0 unspecified atom stereocenters. The molecule has 0 N–H and O–H groups in total. The molecule has 0 saturated carbocycles. The maximum absolute atomic E-state index is 4.62. The van der Waals surface area contributed by atoms with Crippen molar-refractivity contribution in [3.05, 3.63) is 29.1 Å². The molecule has 0 atom stereocenters. The Hall–Kier alpha value is -1.42. The van der Waals surface area contributed by atoms with Gasteiger partial charge in [0.05, 0.1) is 5.69 Å². The van der Waals surface area contributed by atoms with E-state index in [4.69, 9.17) is 0 Å². The summed E-state index contributed by atoms with van der Waals surface area (Å²) >= 11 is 1.70. The second-order valence-electron chi connectivity index (χ2n) is 3.95. The monoisotopic (exact) mass is 231 g/mol. The smallest absolute Gasteiger partial charge is 0.225 e. The lowest BCUT2D eigenvalue weighted by Crippen LogP contribution is -2.20. The van der Waals surface area contributed by atoms with Crippen LogP contribution in [0.3, 0.4) is 0 Å². The molecule has 0 aromatic carbocycles. The van der Waals surface area contributed by atoms with Gasteiger partial charge in [0.2, 0.25) is 5.95 Å². The number of nitrogens with zero attached hydrogens (tertiary/aromatic N) is 3. The zero-order valence-electron chi connectivity index (χ0n) is 8.97. The number of rotatable bonds is 2. The maximum atomic E-state index is 4.62. The third kappa shape index (κ3) is 1.80. The molecule has 0 radical (unpaired) electrons. The second kappa shape index (κ2) is 4.22. The van der Waals surface area contributed by atoms with Crippen molar-refractivity contribution in [3.8, 4) is 11.3 Å². The minimum Gasteiger partial charge on any atom is -0.341 e. The van der Waals surface area contributed by atoms with E-state index in [2.05, 4.69) is 31.7 Å². The molecule has 3 heterocycles. The molecule has 2 aromatic heterocycles. The van der Waals surface area contributed by atoms with Crippen LogP contribution in [0, 0.1) is 0 Å². The molecule has 3 rings (SSSR count). The quantitative estimate of drug-likeness (QED) is 0.796. The van der Waals surface area contributed by atoms with Crippen LogP contribution in [0.25, 0.3) is 11.3 Å². The van der Waals surface area contributed by atoms with Crippen LogP contribution < -0.4 is 4.90 Å². The summed E-state index contributed by atoms with van der Waals surface area (Å²) < 4.78 is 0. The molecule has 1 fully saturated rings. The van der Waals surface area contributed by atoms with E-state index in [1.165, 1.54) is 18.4 Å². The number of hydrogen-bond acceptors (Lipinski definition) is 4. The molecule has 0 spiro atoms. The van der Waals surface area contributed by atoms with Gasteiger partial charge in [-0.05, 0) is 30.4 Å². The van der Waals surface area contributed by atoms with Crippen molar-refractivity contribution >= 4 is 17.3 Å². The number of anilines is 1. The van der Waals surface area contributed by atoms with E-state index in [0.29, 0.717) is 0 Å². The van der Waals surface area contributed by atoms with E-state index in [0.717, 1.165) is 24.7 Å². The van der Waals surface area contributed by atoms with Crippen LogP contribution in [0.2, 0.25) is 0 Å². The third-order valence-corrected chi connectivity index (χ3v) is 3.53. The first kappa shape index (κ1) is 9.78. The van der Waals surface area contributed by atoms with E-state index in [1.807, 2.05) is 12.3 Å². The van der Waals surface area contributed by atoms with Gasteiger partial charge in [0, 0.05) is 30.2 Å². The van der Waals surface area contributed by atoms with Gasteiger partial charge in [-0.3, -0.25) is 0 Å². The Morgan fingerprint density at radius 1 is 1.19 bits per heavy atom. The standard InChI is InChI=1S/C12H13N3S/c1-2-7-15(6-1)12-13-5-3-11(14-12)10-4-8-16-9-10/h3-5,8-9H,1-2,6-7H2. The number of aromatic nitrogens is 2. The van der Waals surface area contributed by atoms with Crippen LogP contribution in [0.1, 0.15) is 12.8 Å². The van der Waals surface area contributed by atoms with E-state index >= 15 is 0 Å². The Morgan fingerprint density at radius 3 is 2.81 bits per heavy atom. The molecular weight excluding hydrogens is 218 g/mol. The molecule has 2 aromatic rings. The van der Waals surface area contributed by atoms with Gasteiger partial charge < -0.3 is 4.90 Å². The van der Waals surface area contributed by atoms with Crippen LogP contribution in [0.4, 0.5) is 5.95 Å². The summed E-state index contributed by atoms with van der Waals surface area (Å²) in [5.41, 5.74) is 2.21. The SMILES string of the molecule is c1cc(-c2ccsc2)nc(N2CCCC2)n1. The largest absolute Gasteiger partial charge is 0.341 e. The molecule has 16 heavy (non-hydrogen) atoms. The predicted octanol–water partition coefficient (Wildman–Crippen LogP) is 2.81. The highest BCUT2D eigenvalue weighted by molar-refractivity contribution is 7.08. The lowest BCUT2D eigenvalue weighted by atomic mass is 10.2. The van der Waals surface area contributed by atoms with E-state index < -0.39 is 0 Å². The third-order valence-electron chi connectivity index (χ3n) is 2.85. The molecule has 0 bridgehead atoms. The highest BCUT2D eigenvalue weighted by Gasteiger charge is 2.15. The molecule has 1 saturated heterocycles. The Balaban J connectivity index is 1.93. The lowest BCUT2D eigenvalue weighted by Gasteiger charge is -2.14. The fourth-order valence-corrected chi connectivity index (χ4v) is 2.64. The average Bonchev–Trinajstić information content (AvgIpc) is 3.03. The summed E-state index contributed by atoms with van der Waals surface area (Å²) in [5, 5.41) is 4.20. The molecule has 3 nitrogen and oxygen atoms in total. The highest BCUT2D eigenvalue weighted by atomic mass is 32.1. The van der Waals surface area contributed by atoms with Crippen molar-refractivity contribution in [2.24, 2.45) is 0 Å². The summed E-state index contributed by atoms with van der Waals surface area (Å²) in [6.07, 6.45) is 4.37. The van der Waals surface area contributed by atoms with E-state index in [1.54, 1.807) is 11.3 Å². The lowest BCUT2D eigenvalue weighted by molar-refractivity contribution is 0.900. The fourth-order valence-electron chi connectivity index (χ4n) is 1.99. The minimum absolute atomic E-state index is 0.876. The Morgan fingerprint density at radius 2 is 2.06 bits per heavy atom. The molecular formula is C12H13N3S. The minimum atomic E-state index is 0.876.